The summed E-state index contributed by atoms with van der Waals surface area (Å²) in [6.45, 7) is 8.29. The van der Waals surface area contributed by atoms with E-state index in [1.807, 2.05) is 13.8 Å². The highest BCUT2D eigenvalue weighted by Gasteiger charge is 2.49. The molecule has 2 nitrogen and oxygen atoms in total. The summed E-state index contributed by atoms with van der Waals surface area (Å²) in [7, 11) is 0. The molecule has 1 rings (SSSR count). The van der Waals surface area contributed by atoms with Crippen molar-refractivity contribution in [3.05, 3.63) is 0 Å². The zero-order chi connectivity index (χ0) is 13.1. The van der Waals surface area contributed by atoms with Gasteiger partial charge in [-0.3, -0.25) is 4.79 Å². The van der Waals surface area contributed by atoms with Crippen molar-refractivity contribution in [3.8, 4) is 6.07 Å². The lowest BCUT2D eigenvalue weighted by atomic mass is 9.60. The average molecular weight is 235 g/mol. The molecule has 0 spiro atoms. The van der Waals surface area contributed by atoms with E-state index >= 15 is 0 Å². The van der Waals surface area contributed by atoms with Crippen LogP contribution in [0.2, 0.25) is 0 Å². The van der Waals surface area contributed by atoms with Crippen LogP contribution < -0.4 is 0 Å². The van der Waals surface area contributed by atoms with Crippen LogP contribution in [0.3, 0.4) is 0 Å². The lowest BCUT2D eigenvalue weighted by molar-refractivity contribution is -0.139. The van der Waals surface area contributed by atoms with Crippen LogP contribution in [0.1, 0.15) is 66.2 Å². The molecule has 0 aliphatic heterocycles. The first-order chi connectivity index (χ1) is 7.91. The molecule has 0 aromatic rings. The largest absolute Gasteiger partial charge is 0.297 e. The van der Waals surface area contributed by atoms with E-state index in [9.17, 15) is 10.1 Å². The van der Waals surface area contributed by atoms with Gasteiger partial charge in [-0.15, -0.1) is 0 Å². The number of rotatable bonds is 4. The summed E-state index contributed by atoms with van der Waals surface area (Å²) in [5, 5.41) is 9.51. The van der Waals surface area contributed by atoms with Crippen molar-refractivity contribution in [3.63, 3.8) is 0 Å². The number of hydrogen-bond acceptors (Lipinski definition) is 2. The first-order valence-corrected chi connectivity index (χ1v) is 6.88. The summed E-state index contributed by atoms with van der Waals surface area (Å²) in [5.74, 6) is 0.693. The summed E-state index contributed by atoms with van der Waals surface area (Å²) in [6.07, 6.45) is 5.59. The summed E-state index contributed by atoms with van der Waals surface area (Å²) >= 11 is 0. The van der Waals surface area contributed by atoms with Crippen molar-refractivity contribution in [2.45, 2.75) is 66.2 Å². The topological polar surface area (TPSA) is 40.9 Å². The van der Waals surface area contributed by atoms with E-state index in [0.717, 1.165) is 38.5 Å². The number of carbonyl (C=O) groups is 1. The molecule has 96 valence electrons. The van der Waals surface area contributed by atoms with Crippen LogP contribution in [-0.4, -0.2) is 5.78 Å². The maximum Gasteiger partial charge on any atom is 0.158 e. The number of nitrogens with zero attached hydrogens (tertiary/aromatic N) is 1. The van der Waals surface area contributed by atoms with Gasteiger partial charge in [0.05, 0.1) is 6.07 Å². The van der Waals surface area contributed by atoms with Crippen molar-refractivity contribution in [1.82, 2.24) is 0 Å². The molecule has 0 amide bonds. The molecule has 0 aromatic heterocycles. The second kappa shape index (κ2) is 5.21. The number of nitriles is 1. The Bertz CT molecular complexity index is 322. The molecule has 1 saturated carbocycles. The van der Waals surface area contributed by atoms with Crippen molar-refractivity contribution in [2.75, 3.05) is 0 Å². The molecule has 1 unspecified atom stereocenters. The minimum Gasteiger partial charge on any atom is -0.297 e. The number of hydrogen-bond donors (Lipinski definition) is 0. The Balaban J connectivity index is 2.95. The Hall–Kier alpha value is -0.840. The van der Waals surface area contributed by atoms with Crippen molar-refractivity contribution in [1.29, 1.82) is 5.26 Å². The third-order valence-corrected chi connectivity index (χ3v) is 4.46. The van der Waals surface area contributed by atoms with Crippen molar-refractivity contribution < 1.29 is 4.79 Å². The van der Waals surface area contributed by atoms with Crippen molar-refractivity contribution in [2.24, 2.45) is 16.7 Å². The van der Waals surface area contributed by atoms with Gasteiger partial charge in [0.1, 0.15) is 5.41 Å². The predicted molar refractivity (Wildman–Crippen MR) is 69.4 cm³/mol. The third kappa shape index (κ3) is 2.70. The molecular formula is C15H25NO. The highest BCUT2D eigenvalue weighted by molar-refractivity contribution is 5.92. The molecule has 0 aromatic carbocycles. The Morgan fingerprint density at radius 2 is 1.88 bits per heavy atom. The van der Waals surface area contributed by atoms with Crippen LogP contribution in [0.4, 0.5) is 0 Å². The van der Waals surface area contributed by atoms with E-state index in [1.54, 1.807) is 0 Å². The first kappa shape index (κ1) is 14.2. The van der Waals surface area contributed by atoms with E-state index in [1.165, 1.54) is 0 Å². The lowest BCUT2D eigenvalue weighted by Crippen LogP contribution is -2.44. The van der Waals surface area contributed by atoms with E-state index in [0.29, 0.717) is 5.92 Å². The zero-order valence-corrected chi connectivity index (χ0v) is 11.7. The molecule has 0 saturated heterocycles. The van der Waals surface area contributed by atoms with Crippen molar-refractivity contribution >= 4 is 5.78 Å². The summed E-state index contributed by atoms with van der Waals surface area (Å²) in [5.41, 5.74) is -1.00. The summed E-state index contributed by atoms with van der Waals surface area (Å²) in [6, 6.07) is 2.37. The molecule has 1 fully saturated rings. The SMILES string of the molecule is CCC(CC)CC1(C#N)CCCC(C)(C)C1=O. The second-order valence-electron chi connectivity index (χ2n) is 6.15. The average Bonchev–Trinajstić information content (AvgIpc) is 2.31. The van der Waals surface area contributed by atoms with Crippen LogP contribution in [0, 0.1) is 28.1 Å². The quantitative estimate of drug-likeness (QED) is 0.736. The molecule has 0 bridgehead atoms. The molecule has 0 radical (unpaired) electrons. The fourth-order valence-electron chi connectivity index (χ4n) is 3.12. The van der Waals surface area contributed by atoms with Crippen LogP contribution in [0.25, 0.3) is 0 Å². The molecule has 0 heterocycles. The normalized spacial score (nSPS) is 28.1. The van der Waals surface area contributed by atoms with Gasteiger partial charge in [0, 0.05) is 5.41 Å². The van der Waals surface area contributed by atoms with Crippen LogP contribution in [0.15, 0.2) is 0 Å². The van der Waals surface area contributed by atoms with E-state index in [4.69, 9.17) is 0 Å². The minimum absolute atomic E-state index is 0.186. The molecule has 1 aliphatic rings. The maximum absolute atomic E-state index is 12.5. The van der Waals surface area contributed by atoms with E-state index < -0.39 is 5.41 Å². The number of ketones is 1. The van der Waals surface area contributed by atoms with Crippen LogP contribution in [0.5, 0.6) is 0 Å². The van der Waals surface area contributed by atoms with Crippen LogP contribution in [-0.2, 0) is 4.79 Å². The zero-order valence-electron chi connectivity index (χ0n) is 11.7. The monoisotopic (exact) mass is 235 g/mol. The van der Waals surface area contributed by atoms with Crippen LogP contribution >= 0.6 is 0 Å². The summed E-state index contributed by atoms with van der Waals surface area (Å²) in [4.78, 5) is 12.5. The summed E-state index contributed by atoms with van der Waals surface area (Å²) < 4.78 is 0. The molecule has 1 aliphatic carbocycles. The van der Waals surface area contributed by atoms with Gasteiger partial charge < -0.3 is 0 Å². The Morgan fingerprint density at radius 1 is 1.29 bits per heavy atom. The number of carbonyl (C=O) groups excluding carboxylic acids is 1. The van der Waals surface area contributed by atoms with Gasteiger partial charge in [-0.05, 0) is 25.2 Å². The highest BCUT2D eigenvalue weighted by Crippen LogP contribution is 2.46. The van der Waals surface area contributed by atoms with Gasteiger partial charge in [0.15, 0.2) is 5.78 Å². The Morgan fingerprint density at radius 3 is 2.35 bits per heavy atom. The number of Topliss-reactive ketones (excluding diaryl/α,β-unsaturated/α-hetero) is 1. The van der Waals surface area contributed by atoms with E-state index in [2.05, 4.69) is 19.9 Å². The third-order valence-electron chi connectivity index (χ3n) is 4.46. The smallest absolute Gasteiger partial charge is 0.158 e. The molecule has 2 heteroatoms. The second-order valence-corrected chi connectivity index (χ2v) is 6.15. The van der Waals surface area contributed by atoms with Gasteiger partial charge in [-0.1, -0.05) is 47.0 Å². The molecule has 0 N–H and O–H groups in total. The standard InChI is InChI=1S/C15H25NO/c1-5-12(6-2)10-15(11-16)9-7-8-14(3,4)13(15)17/h12H,5-10H2,1-4H3. The maximum atomic E-state index is 12.5. The fraction of sp³-hybridized carbons (Fsp3) is 0.867. The molecule has 17 heavy (non-hydrogen) atoms. The van der Waals surface area contributed by atoms with Gasteiger partial charge in [0.2, 0.25) is 0 Å². The highest BCUT2D eigenvalue weighted by atomic mass is 16.1. The van der Waals surface area contributed by atoms with Gasteiger partial charge >= 0.3 is 0 Å². The van der Waals surface area contributed by atoms with E-state index in [-0.39, 0.29) is 11.2 Å². The molecular weight excluding hydrogens is 210 g/mol. The predicted octanol–water partition coefficient (Wildman–Crippen LogP) is 4.10. The van der Waals surface area contributed by atoms with Gasteiger partial charge in [-0.25, -0.2) is 0 Å². The fourth-order valence-corrected chi connectivity index (χ4v) is 3.12. The Labute approximate surface area is 105 Å². The van der Waals surface area contributed by atoms with Gasteiger partial charge in [-0.2, -0.15) is 5.26 Å². The first-order valence-electron chi connectivity index (χ1n) is 6.88. The molecule has 1 atom stereocenters. The lowest BCUT2D eigenvalue weighted by Gasteiger charge is -2.40. The minimum atomic E-state index is -0.696. The van der Waals surface area contributed by atoms with Gasteiger partial charge in [0.25, 0.3) is 0 Å². The Kier molecular flexibility index (Phi) is 4.36.